The van der Waals surface area contributed by atoms with Crippen molar-refractivity contribution >= 4 is 22.5 Å². The highest BCUT2D eigenvalue weighted by Crippen LogP contribution is 2.33. The Morgan fingerprint density at radius 3 is 2.52 bits per heavy atom. The summed E-state index contributed by atoms with van der Waals surface area (Å²) in [7, 11) is 0. The van der Waals surface area contributed by atoms with Gasteiger partial charge in [-0.2, -0.15) is 0 Å². The highest BCUT2D eigenvalue weighted by Gasteiger charge is 2.26. The van der Waals surface area contributed by atoms with E-state index in [1.165, 1.54) is 0 Å². The van der Waals surface area contributed by atoms with E-state index in [0.717, 1.165) is 59.8 Å². The van der Waals surface area contributed by atoms with Crippen molar-refractivity contribution in [1.82, 2.24) is 19.6 Å². The van der Waals surface area contributed by atoms with Crippen LogP contribution in [0.3, 0.4) is 0 Å². The molecule has 0 spiro atoms. The smallest absolute Gasteiger partial charge is 0.204 e. The molecule has 136 valence electrons. The zero-order chi connectivity index (χ0) is 18.4. The van der Waals surface area contributed by atoms with Gasteiger partial charge in [-0.3, -0.25) is 4.40 Å². The van der Waals surface area contributed by atoms with E-state index in [0.29, 0.717) is 0 Å². The summed E-state index contributed by atoms with van der Waals surface area (Å²) in [6.07, 6.45) is 1.80. The Hall–Kier alpha value is -3.02. The fourth-order valence-corrected chi connectivity index (χ4v) is 4.13. The zero-order valence-corrected chi connectivity index (χ0v) is 15.1. The summed E-state index contributed by atoms with van der Waals surface area (Å²) in [4.78, 5) is 7.14. The monoisotopic (exact) mass is 361 g/mol. The number of aryl methyl sites for hydroxylation is 1. The lowest BCUT2D eigenvalue weighted by atomic mass is 9.89. The molecule has 0 saturated carbocycles. The lowest BCUT2D eigenvalue weighted by Gasteiger charge is -2.33. The Morgan fingerprint density at radius 2 is 1.70 bits per heavy atom. The highest BCUT2D eigenvalue weighted by molar-refractivity contribution is 5.83. The average molecular weight is 361 g/mol. The summed E-state index contributed by atoms with van der Waals surface area (Å²) in [6.45, 7) is 3.61. The third-order valence-electron chi connectivity index (χ3n) is 5.51. The topological polar surface area (TPSA) is 46.3 Å². The molecule has 1 aliphatic heterocycles. The molecule has 5 nitrogen and oxygen atoms in total. The van der Waals surface area contributed by atoms with Crippen LogP contribution in [-0.2, 0) is 0 Å². The summed E-state index contributed by atoms with van der Waals surface area (Å²) < 4.78 is 16.2. The molecule has 6 heteroatoms. The van der Waals surface area contributed by atoms with Crippen molar-refractivity contribution in [2.24, 2.45) is 0 Å². The van der Waals surface area contributed by atoms with Crippen LogP contribution < -0.4 is 4.90 Å². The van der Waals surface area contributed by atoms with Gasteiger partial charge in [0.25, 0.3) is 0 Å². The van der Waals surface area contributed by atoms with Crippen molar-refractivity contribution in [1.29, 1.82) is 0 Å². The molecule has 27 heavy (non-hydrogen) atoms. The molecular weight excluding hydrogens is 341 g/mol. The Morgan fingerprint density at radius 1 is 0.963 bits per heavy atom. The number of nitrogens with zero attached hydrogens (tertiary/aromatic N) is 5. The molecule has 0 radical (unpaired) electrons. The normalized spacial score (nSPS) is 15.7. The fraction of sp³-hybridized carbons (Fsp3) is 0.286. The van der Waals surface area contributed by atoms with Crippen LogP contribution in [-0.4, -0.2) is 32.7 Å². The number of rotatable bonds is 2. The van der Waals surface area contributed by atoms with Crippen molar-refractivity contribution < 1.29 is 4.39 Å². The number of benzene rings is 2. The molecule has 0 aliphatic carbocycles. The number of fused-ring (bicyclic) bond motifs is 3. The molecule has 0 bridgehead atoms. The molecule has 3 heterocycles. The van der Waals surface area contributed by atoms with Gasteiger partial charge in [-0.15, -0.1) is 10.2 Å². The quantitative estimate of drug-likeness (QED) is 0.539. The van der Waals surface area contributed by atoms with E-state index in [-0.39, 0.29) is 11.7 Å². The van der Waals surface area contributed by atoms with Gasteiger partial charge in [-0.1, -0.05) is 30.3 Å². The van der Waals surface area contributed by atoms with Gasteiger partial charge in [0, 0.05) is 13.1 Å². The van der Waals surface area contributed by atoms with Gasteiger partial charge in [0.2, 0.25) is 5.65 Å². The Balaban J connectivity index is 1.51. The van der Waals surface area contributed by atoms with Crippen molar-refractivity contribution in [3.8, 4) is 0 Å². The summed E-state index contributed by atoms with van der Waals surface area (Å²) in [5.41, 5.74) is 3.56. The highest BCUT2D eigenvalue weighted by atomic mass is 19.1. The van der Waals surface area contributed by atoms with Gasteiger partial charge in [0.05, 0.1) is 11.0 Å². The maximum atomic E-state index is 14.1. The minimum atomic E-state index is -0.102. The molecule has 2 aromatic carbocycles. The van der Waals surface area contributed by atoms with Crippen molar-refractivity contribution in [3.63, 3.8) is 0 Å². The van der Waals surface area contributed by atoms with Gasteiger partial charge < -0.3 is 4.90 Å². The first-order valence-electron chi connectivity index (χ1n) is 9.32. The van der Waals surface area contributed by atoms with Crippen LogP contribution in [0.1, 0.15) is 30.1 Å². The van der Waals surface area contributed by atoms with Crippen LogP contribution in [0.15, 0.2) is 48.5 Å². The molecule has 1 aliphatic rings. The van der Waals surface area contributed by atoms with Crippen LogP contribution >= 0.6 is 0 Å². The van der Waals surface area contributed by atoms with E-state index in [1.807, 2.05) is 43.3 Å². The second-order valence-electron chi connectivity index (χ2n) is 7.11. The van der Waals surface area contributed by atoms with Gasteiger partial charge in [0.15, 0.2) is 5.82 Å². The van der Waals surface area contributed by atoms with Gasteiger partial charge in [0.1, 0.15) is 11.6 Å². The van der Waals surface area contributed by atoms with Crippen molar-refractivity contribution in [3.05, 3.63) is 65.7 Å². The number of anilines is 1. The fourth-order valence-electron chi connectivity index (χ4n) is 4.13. The number of para-hydroxylation sites is 2. The lowest BCUT2D eigenvalue weighted by molar-refractivity contribution is 0.480. The van der Waals surface area contributed by atoms with E-state index in [1.54, 1.807) is 12.1 Å². The first-order chi connectivity index (χ1) is 13.2. The molecule has 0 amide bonds. The number of piperidine rings is 1. The van der Waals surface area contributed by atoms with Crippen molar-refractivity contribution in [2.75, 3.05) is 18.0 Å². The van der Waals surface area contributed by atoms with Crippen LogP contribution in [0.5, 0.6) is 0 Å². The Bertz CT molecular complexity index is 1130. The maximum absolute atomic E-state index is 14.1. The summed E-state index contributed by atoms with van der Waals surface area (Å²) in [5, 5.41) is 8.66. The van der Waals surface area contributed by atoms with E-state index in [9.17, 15) is 4.39 Å². The molecule has 0 atom stereocenters. The Kier molecular flexibility index (Phi) is 3.77. The molecule has 5 rings (SSSR count). The predicted octanol–water partition coefficient (Wildman–Crippen LogP) is 4.11. The van der Waals surface area contributed by atoms with Gasteiger partial charge in [-0.25, -0.2) is 9.37 Å². The zero-order valence-electron chi connectivity index (χ0n) is 15.1. The summed E-state index contributed by atoms with van der Waals surface area (Å²) in [6, 6.07) is 15.2. The first kappa shape index (κ1) is 16.2. The Labute approximate surface area is 156 Å². The first-order valence-corrected chi connectivity index (χ1v) is 9.32. The number of hydrogen-bond acceptors (Lipinski definition) is 4. The second kappa shape index (κ2) is 6.30. The summed E-state index contributed by atoms with van der Waals surface area (Å²) in [5.74, 6) is 1.86. The van der Waals surface area contributed by atoms with E-state index < -0.39 is 0 Å². The molecule has 0 unspecified atom stereocenters. The molecule has 1 fully saturated rings. The van der Waals surface area contributed by atoms with Crippen molar-refractivity contribution in [2.45, 2.75) is 25.7 Å². The second-order valence-corrected chi connectivity index (χ2v) is 7.11. The largest absolute Gasteiger partial charge is 0.353 e. The molecular formula is C21H20FN5. The van der Waals surface area contributed by atoms with E-state index in [4.69, 9.17) is 4.98 Å². The molecule has 0 N–H and O–H groups in total. The average Bonchev–Trinajstić information content (AvgIpc) is 3.10. The standard InChI is InChI=1S/C21H20FN5/c1-14-24-25-21-20(23-18-8-4-5-9-19(18)27(14)21)26-12-10-15(11-13-26)16-6-2-3-7-17(16)22/h2-9,15H,10-13H2,1H3. The number of aromatic nitrogens is 4. The van der Waals surface area contributed by atoms with E-state index in [2.05, 4.69) is 19.5 Å². The summed E-state index contributed by atoms with van der Waals surface area (Å²) >= 11 is 0. The van der Waals surface area contributed by atoms with Gasteiger partial charge in [-0.05, 0) is 49.4 Å². The minimum Gasteiger partial charge on any atom is -0.353 e. The van der Waals surface area contributed by atoms with Crippen LogP contribution in [0.4, 0.5) is 10.2 Å². The molecule has 2 aromatic heterocycles. The molecule has 1 saturated heterocycles. The minimum absolute atomic E-state index is 0.102. The number of hydrogen-bond donors (Lipinski definition) is 0. The number of halogens is 1. The van der Waals surface area contributed by atoms with E-state index >= 15 is 0 Å². The third-order valence-corrected chi connectivity index (χ3v) is 5.51. The van der Waals surface area contributed by atoms with Gasteiger partial charge >= 0.3 is 0 Å². The SMILES string of the molecule is Cc1nnc2c(N3CCC(c4ccccc4F)CC3)nc3ccccc3n12. The predicted molar refractivity (Wildman–Crippen MR) is 104 cm³/mol. The van der Waals surface area contributed by atoms with Crippen LogP contribution in [0.2, 0.25) is 0 Å². The van der Waals surface area contributed by atoms with Crippen LogP contribution in [0, 0.1) is 12.7 Å². The molecule has 4 aromatic rings. The van der Waals surface area contributed by atoms with Crippen LogP contribution in [0.25, 0.3) is 16.7 Å². The lowest BCUT2D eigenvalue weighted by Crippen LogP contribution is -2.34. The maximum Gasteiger partial charge on any atom is 0.204 e. The third kappa shape index (κ3) is 2.63.